The third-order valence-corrected chi connectivity index (χ3v) is 4.84. The number of allylic oxidation sites excluding steroid dienone is 1. The van der Waals surface area contributed by atoms with E-state index in [1.807, 2.05) is 31.2 Å². The summed E-state index contributed by atoms with van der Waals surface area (Å²) in [6.45, 7) is 2.19. The molecule has 3 atom stereocenters. The lowest BCUT2D eigenvalue weighted by Crippen LogP contribution is -2.33. The van der Waals surface area contributed by atoms with Crippen LogP contribution < -0.4 is 0 Å². The van der Waals surface area contributed by atoms with Crippen molar-refractivity contribution in [2.45, 2.75) is 38.5 Å². The van der Waals surface area contributed by atoms with E-state index in [0.717, 1.165) is 30.4 Å². The summed E-state index contributed by atoms with van der Waals surface area (Å²) in [5, 5.41) is 0. The van der Waals surface area contributed by atoms with E-state index in [1.54, 1.807) is 0 Å². The quantitative estimate of drug-likeness (QED) is 0.800. The molecule has 0 radical (unpaired) electrons. The van der Waals surface area contributed by atoms with Crippen LogP contribution in [-0.2, 0) is 14.3 Å². The Morgan fingerprint density at radius 2 is 2.05 bits per heavy atom. The first kappa shape index (κ1) is 15.0. The number of rotatable bonds is 3. The molecule has 0 aromatic heterocycles. The van der Waals surface area contributed by atoms with E-state index in [1.165, 1.54) is 0 Å². The molecule has 0 heterocycles. The number of ether oxygens (including phenoxy) is 1. The average Bonchev–Trinajstić information content (AvgIpc) is 2.55. The van der Waals surface area contributed by atoms with Crippen LogP contribution in [-0.4, -0.2) is 18.4 Å². The molecule has 0 aliphatic heterocycles. The highest BCUT2D eigenvalue weighted by molar-refractivity contribution is 5.97. The molecule has 1 fully saturated rings. The number of Topliss-reactive ketones (excluding diaryl/α,β-unsaturated/α-hetero) is 1. The van der Waals surface area contributed by atoms with Crippen molar-refractivity contribution in [2.24, 2.45) is 11.8 Å². The highest BCUT2D eigenvalue weighted by atomic mass is 16.5. The van der Waals surface area contributed by atoms with E-state index in [0.29, 0.717) is 18.9 Å². The first-order chi connectivity index (χ1) is 10.7. The number of fused-ring (bicyclic) bond motifs is 1. The second-order valence-corrected chi connectivity index (χ2v) is 6.17. The maximum Gasteiger partial charge on any atom is 0.313 e. The van der Waals surface area contributed by atoms with Crippen molar-refractivity contribution < 1.29 is 14.3 Å². The average molecular weight is 298 g/mol. The zero-order valence-corrected chi connectivity index (χ0v) is 13.0. The predicted octanol–water partition coefficient (Wildman–Crippen LogP) is 3.65. The van der Waals surface area contributed by atoms with Gasteiger partial charge in [0.1, 0.15) is 0 Å². The predicted molar refractivity (Wildman–Crippen MR) is 84.4 cm³/mol. The van der Waals surface area contributed by atoms with Gasteiger partial charge >= 0.3 is 5.97 Å². The summed E-state index contributed by atoms with van der Waals surface area (Å²) in [7, 11) is 0. The van der Waals surface area contributed by atoms with Gasteiger partial charge in [-0.1, -0.05) is 36.4 Å². The summed E-state index contributed by atoms with van der Waals surface area (Å²) < 4.78 is 5.25. The fraction of sp³-hybridized carbons (Fsp3) is 0.474. The SMILES string of the molecule is CCOC(=O)[C@@H]1C=C2C(=O)CCC[C@@H]2C[C@H]1c1ccccc1. The van der Waals surface area contributed by atoms with Crippen LogP contribution in [0, 0.1) is 11.8 Å². The van der Waals surface area contributed by atoms with Gasteiger partial charge in [-0.2, -0.15) is 0 Å². The molecule has 0 spiro atoms. The number of hydrogen-bond donors (Lipinski definition) is 0. The first-order valence-corrected chi connectivity index (χ1v) is 8.17. The van der Waals surface area contributed by atoms with Crippen molar-refractivity contribution in [1.29, 1.82) is 0 Å². The van der Waals surface area contributed by atoms with Crippen LogP contribution in [0.1, 0.15) is 44.1 Å². The van der Waals surface area contributed by atoms with E-state index >= 15 is 0 Å². The Hall–Kier alpha value is -1.90. The van der Waals surface area contributed by atoms with Gasteiger partial charge in [0.2, 0.25) is 0 Å². The molecule has 3 nitrogen and oxygen atoms in total. The molecule has 1 aromatic rings. The van der Waals surface area contributed by atoms with E-state index in [-0.39, 0.29) is 23.6 Å². The molecular formula is C19H22O3. The second kappa shape index (κ2) is 6.47. The number of carbonyl (C=O) groups is 2. The maximum absolute atomic E-state index is 12.4. The Morgan fingerprint density at radius 3 is 2.77 bits per heavy atom. The lowest BCUT2D eigenvalue weighted by Gasteiger charge is -2.36. The van der Waals surface area contributed by atoms with Crippen LogP contribution >= 0.6 is 0 Å². The van der Waals surface area contributed by atoms with Crippen LogP contribution in [0.5, 0.6) is 0 Å². The number of hydrogen-bond acceptors (Lipinski definition) is 3. The third-order valence-electron chi connectivity index (χ3n) is 4.84. The molecule has 0 bridgehead atoms. The van der Waals surface area contributed by atoms with Gasteiger partial charge in [0.15, 0.2) is 5.78 Å². The van der Waals surface area contributed by atoms with E-state index in [9.17, 15) is 9.59 Å². The Morgan fingerprint density at radius 1 is 1.27 bits per heavy atom. The number of esters is 1. The molecule has 22 heavy (non-hydrogen) atoms. The van der Waals surface area contributed by atoms with Crippen molar-refractivity contribution in [3.05, 3.63) is 47.5 Å². The van der Waals surface area contributed by atoms with Crippen molar-refractivity contribution >= 4 is 11.8 Å². The van der Waals surface area contributed by atoms with E-state index in [2.05, 4.69) is 12.1 Å². The summed E-state index contributed by atoms with van der Waals surface area (Å²) in [6.07, 6.45) is 5.41. The Kier molecular flexibility index (Phi) is 4.41. The van der Waals surface area contributed by atoms with Crippen LogP contribution in [0.4, 0.5) is 0 Å². The molecule has 2 aliphatic rings. The second-order valence-electron chi connectivity index (χ2n) is 6.17. The van der Waals surface area contributed by atoms with Crippen molar-refractivity contribution in [2.75, 3.05) is 6.61 Å². The monoisotopic (exact) mass is 298 g/mol. The van der Waals surface area contributed by atoms with E-state index < -0.39 is 0 Å². The smallest absolute Gasteiger partial charge is 0.313 e. The van der Waals surface area contributed by atoms with Crippen molar-refractivity contribution in [3.8, 4) is 0 Å². The van der Waals surface area contributed by atoms with E-state index in [4.69, 9.17) is 4.74 Å². The minimum Gasteiger partial charge on any atom is -0.466 e. The Labute approximate surface area is 131 Å². The molecule has 2 aliphatic carbocycles. The minimum atomic E-state index is -0.337. The largest absolute Gasteiger partial charge is 0.466 e. The molecular weight excluding hydrogens is 276 g/mol. The summed E-state index contributed by atoms with van der Waals surface area (Å²) >= 11 is 0. The van der Waals surface area contributed by atoms with Crippen molar-refractivity contribution in [3.63, 3.8) is 0 Å². The minimum absolute atomic E-state index is 0.111. The molecule has 0 N–H and O–H groups in total. The molecule has 0 saturated heterocycles. The maximum atomic E-state index is 12.4. The highest BCUT2D eigenvalue weighted by Crippen LogP contribution is 2.44. The fourth-order valence-electron chi connectivity index (χ4n) is 3.79. The molecule has 3 rings (SSSR count). The number of carbonyl (C=O) groups excluding carboxylic acids is 2. The van der Waals surface area contributed by atoms with Gasteiger partial charge in [0, 0.05) is 12.3 Å². The van der Waals surface area contributed by atoms with Gasteiger partial charge in [-0.25, -0.2) is 0 Å². The topological polar surface area (TPSA) is 43.4 Å². The normalized spacial score (nSPS) is 27.8. The van der Waals surface area contributed by atoms with Gasteiger partial charge in [0.05, 0.1) is 12.5 Å². The lowest BCUT2D eigenvalue weighted by atomic mass is 9.67. The standard InChI is InChI=1S/C19H22O3/c1-2-22-19(21)17-12-16-14(9-6-10-18(16)20)11-15(17)13-7-4-3-5-8-13/h3-5,7-8,12,14-15,17H,2,6,9-11H2,1H3/t14-,15+,17-/m1/s1. The van der Waals surface area contributed by atoms with Crippen LogP contribution in [0.2, 0.25) is 0 Å². The molecule has 1 aromatic carbocycles. The van der Waals surface area contributed by atoms with Crippen LogP contribution in [0.15, 0.2) is 42.0 Å². The Balaban J connectivity index is 1.97. The zero-order valence-electron chi connectivity index (χ0n) is 13.0. The van der Waals surface area contributed by atoms with Gasteiger partial charge < -0.3 is 4.74 Å². The molecule has 0 amide bonds. The van der Waals surface area contributed by atoms with Crippen LogP contribution in [0.25, 0.3) is 0 Å². The zero-order chi connectivity index (χ0) is 15.5. The third kappa shape index (κ3) is 2.85. The van der Waals surface area contributed by atoms with Gasteiger partial charge in [-0.3, -0.25) is 9.59 Å². The molecule has 116 valence electrons. The number of ketones is 1. The molecule has 0 unspecified atom stereocenters. The summed E-state index contributed by atoms with van der Waals surface area (Å²) in [6, 6.07) is 10.1. The van der Waals surface area contributed by atoms with Gasteiger partial charge in [0.25, 0.3) is 0 Å². The lowest BCUT2D eigenvalue weighted by molar-refractivity contribution is -0.147. The van der Waals surface area contributed by atoms with Gasteiger partial charge in [-0.05, 0) is 43.2 Å². The summed E-state index contributed by atoms with van der Waals surface area (Å²) in [5.41, 5.74) is 2.03. The van der Waals surface area contributed by atoms with Gasteiger partial charge in [-0.15, -0.1) is 0 Å². The summed E-state index contributed by atoms with van der Waals surface area (Å²) in [5.74, 6) is 0.0884. The first-order valence-electron chi connectivity index (χ1n) is 8.17. The highest BCUT2D eigenvalue weighted by Gasteiger charge is 2.39. The Bertz CT molecular complexity index is 588. The molecule has 3 heteroatoms. The van der Waals surface area contributed by atoms with Crippen molar-refractivity contribution in [1.82, 2.24) is 0 Å². The van der Waals surface area contributed by atoms with Crippen LogP contribution in [0.3, 0.4) is 0 Å². The summed E-state index contributed by atoms with van der Waals surface area (Å²) in [4.78, 5) is 24.6. The fourth-order valence-corrected chi connectivity index (χ4v) is 3.79. The number of benzene rings is 1. The molecule has 1 saturated carbocycles.